The summed E-state index contributed by atoms with van der Waals surface area (Å²) in [6, 6.07) is 8.13. The molecule has 0 radical (unpaired) electrons. The maximum absolute atomic E-state index is 13.6. The number of carbonyl (C=O) groups is 1. The van der Waals surface area contributed by atoms with Crippen molar-refractivity contribution in [1.82, 2.24) is 24.2 Å². The van der Waals surface area contributed by atoms with E-state index in [0.717, 1.165) is 4.31 Å². The molecule has 1 aromatic carbocycles. The van der Waals surface area contributed by atoms with Crippen molar-refractivity contribution in [3.63, 3.8) is 0 Å². The van der Waals surface area contributed by atoms with Crippen LogP contribution in [0.3, 0.4) is 0 Å². The number of likely N-dealkylation sites (N-methyl/N-ethyl adjacent to an activating group) is 1. The maximum Gasteiger partial charge on any atom is 0.247 e. The Hall–Kier alpha value is -3.44. The predicted molar refractivity (Wildman–Crippen MR) is 110 cm³/mol. The van der Waals surface area contributed by atoms with E-state index < -0.39 is 15.9 Å². The van der Waals surface area contributed by atoms with E-state index in [1.807, 2.05) is 0 Å². The Labute approximate surface area is 179 Å². The first-order chi connectivity index (χ1) is 15.0. The summed E-state index contributed by atoms with van der Waals surface area (Å²) in [5.74, 6) is 0.665. The fourth-order valence-corrected chi connectivity index (χ4v) is 4.68. The van der Waals surface area contributed by atoms with E-state index in [1.54, 1.807) is 53.8 Å². The van der Waals surface area contributed by atoms with Crippen molar-refractivity contribution < 1.29 is 22.7 Å². The summed E-state index contributed by atoms with van der Waals surface area (Å²) in [6.45, 7) is 0.191. The molecule has 0 atom stereocenters. The van der Waals surface area contributed by atoms with Crippen molar-refractivity contribution in [1.29, 1.82) is 0 Å². The van der Waals surface area contributed by atoms with Gasteiger partial charge in [-0.15, -0.1) is 0 Å². The number of imidazole rings is 1. The van der Waals surface area contributed by atoms with E-state index in [2.05, 4.69) is 15.3 Å². The molecule has 1 amide bonds. The first-order valence-electron chi connectivity index (χ1n) is 9.51. The molecule has 0 spiro atoms. The van der Waals surface area contributed by atoms with Crippen LogP contribution in [0.5, 0.6) is 11.5 Å². The summed E-state index contributed by atoms with van der Waals surface area (Å²) < 4.78 is 41.0. The highest BCUT2D eigenvalue weighted by atomic mass is 32.2. The van der Waals surface area contributed by atoms with Crippen LogP contribution in [0, 0.1) is 0 Å². The number of aromatic nitrogens is 3. The number of sulfonamides is 1. The van der Waals surface area contributed by atoms with Gasteiger partial charge < -0.3 is 14.8 Å². The second kappa shape index (κ2) is 8.74. The van der Waals surface area contributed by atoms with Gasteiger partial charge in [0.15, 0.2) is 11.5 Å². The van der Waals surface area contributed by atoms with Crippen molar-refractivity contribution >= 4 is 15.9 Å². The zero-order valence-electron chi connectivity index (χ0n) is 16.8. The second-order valence-corrected chi connectivity index (χ2v) is 8.63. The summed E-state index contributed by atoms with van der Waals surface area (Å²) >= 11 is 0. The Kier molecular flexibility index (Phi) is 5.87. The zero-order valence-corrected chi connectivity index (χ0v) is 17.6. The lowest BCUT2D eigenvalue weighted by Crippen LogP contribution is -2.39. The lowest BCUT2D eigenvalue weighted by Gasteiger charge is -2.25. The summed E-state index contributed by atoms with van der Waals surface area (Å²) in [7, 11) is -2.63. The molecule has 0 fully saturated rings. The van der Waals surface area contributed by atoms with Crippen LogP contribution in [-0.2, 0) is 21.4 Å². The number of hydrogen-bond donors (Lipinski definition) is 1. The van der Waals surface area contributed by atoms with Crippen molar-refractivity contribution in [2.75, 3.05) is 26.8 Å². The molecule has 1 aliphatic heterocycles. The number of carbonyl (C=O) groups excluding carboxylic acids is 1. The molecular formula is C20H21N5O5S. The van der Waals surface area contributed by atoms with Gasteiger partial charge in [0.2, 0.25) is 15.9 Å². The molecule has 4 rings (SSSR count). The van der Waals surface area contributed by atoms with Crippen LogP contribution in [0.4, 0.5) is 0 Å². The largest absolute Gasteiger partial charge is 0.486 e. The van der Waals surface area contributed by atoms with E-state index in [0.29, 0.717) is 23.7 Å². The number of amides is 1. The molecule has 10 nitrogen and oxygen atoms in total. The Bertz CT molecular complexity index is 1180. The summed E-state index contributed by atoms with van der Waals surface area (Å²) in [5, 5.41) is 2.48. The number of nitrogens with zero attached hydrogens (tertiary/aromatic N) is 4. The van der Waals surface area contributed by atoms with Gasteiger partial charge in [-0.05, 0) is 29.8 Å². The number of pyridine rings is 1. The minimum absolute atomic E-state index is 0.0372. The topological polar surface area (TPSA) is 116 Å². The molecule has 2 aromatic heterocycles. The molecule has 0 unspecified atom stereocenters. The fraction of sp³-hybridized carbons (Fsp3) is 0.250. The molecular weight excluding hydrogens is 422 g/mol. The SMILES string of the molecule is CNC(=O)CN(Cc1ccnc(-n2ccnc2)c1)S(=O)(=O)c1cccc2c1OCCO2. The van der Waals surface area contributed by atoms with Crippen molar-refractivity contribution in [3.05, 3.63) is 60.8 Å². The van der Waals surface area contributed by atoms with Crippen LogP contribution < -0.4 is 14.8 Å². The Morgan fingerprint density at radius 1 is 1.23 bits per heavy atom. The molecule has 162 valence electrons. The molecule has 3 aromatic rings. The number of hydrogen-bond acceptors (Lipinski definition) is 7. The molecule has 3 heterocycles. The molecule has 1 N–H and O–H groups in total. The molecule has 0 bridgehead atoms. The van der Waals surface area contributed by atoms with Gasteiger partial charge in [0.05, 0.1) is 6.54 Å². The monoisotopic (exact) mass is 443 g/mol. The Morgan fingerprint density at radius 2 is 2.06 bits per heavy atom. The lowest BCUT2D eigenvalue weighted by molar-refractivity contribution is -0.120. The Morgan fingerprint density at radius 3 is 2.84 bits per heavy atom. The van der Waals surface area contributed by atoms with E-state index in [-0.39, 0.29) is 30.3 Å². The van der Waals surface area contributed by atoms with E-state index in [4.69, 9.17) is 9.47 Å². The average Bonchev–Trinajstić information content (AvgIpc) is 3.33. The first kappa shape index (κ1) is 20.8. The normalized spacial score (nSPS) is 13.2. The van der Waals surface area contributed by atoms with Gasteiger partial charge >= 0.3 is 0 Å². The van der Waals surface area contributed by atoms with Gasteiger partial charge in [0.25, 0.3) is 0 Å². The standard InChI is InChI=1S/C20H21N5O5S/c1-21-19(26)13-25(12-15-5-6-23-18(11-15)24-8-7-22-14-24)31(27,28)17-4-2-3-16-20(17)30-10-9-29-16/h2-8,11,14H,9-10,12-13H2,1H3,(H,21,26). The smallest absolute Gasteiger partial charge is 0.247 e. The fourth-order valence-electron chi connectivity index (χ4n) is 3.15. The molecule has 31 heavy (non-hydrogen) atoms. The number of ether oxygens (including phenoxy) is 2. The van der Waals surface area contributed by atoms with Crippen molar-refractivity contribution in [3.8, 4) is 17.3 Å². The quantitative estimate of drug-likeness (QED) is 0.579. The second-order valence-electron chi connectivity index (χ2n) is 6.72. The van der Waals surface area contributed by atoms with E-state index >= 15 is 0 Å². The van der Waals surface area contributed by atoms with Gasteiger partial charge in [0.1, 0.15) is 30.3 Å². The van der Waals surface area contributed by atoms with E-state index in [9.17, 15) is 13.2 Å². The highest BCUT2D eigenvalue weighted by Gasteiger charge is 2.32. The van der Waals surface area contributed by atoms with Crippen LogP contribution in [0.1, 0.15) is 5.56 Å². The third-order valence-corrected chi connectivity index (χ3v) is 6.50. The number of benzene rings is 1. The van der Waals surface area contributed by atoms with Crippen LogP contribution in [0.25, 0.3) is 5.82 Å². The molecule has 0 saturated heterocycles. The Balaban J connectivity index is 1.70. The molecule has 0 aliphatic carbocycles. The van der Waals surface area contributed by atoms with Gasteiger partial charge in [-0.25, -0.2) is 18.4 Å². The summed E-state index contributed by atoms with van der Waals surface area (Å²) in [5.41, 5.74) is 0.660. The average molecular weight is 443 g/mol. The minimum Gasteiger partial charge on any atom is -0.486 e. The number of rotatable bonds is 7. The maximum atomic E-state index is 13.6. The molecule has 1 aliphatic rings. The first-order valence-corrected chi connectivity index (χ1v) is 11.0. The van der Waals surface area contributed by atoms with E-state index in [1.165, 1.54) is 13.1 Å². The minimum atomic E-state index is -4.08. The van der Waals surface area contributed by atoms with Gasteiger partial charge in [-0.2, -0.15) is 4.31 Å². The highest BCUT2D eigenvalue weighted by Crippen LogP contribution is 2.38. The third-order valence-electron chi connectivity index (χ3n) is 4.68. The molecule has 0 saturated carbocycles. The van der Waals surface area contributed by atoms with Crippen LogP contribution in [0.2, 0.25) is 0 Å². The van der Waals surface area contributed by atoms with Crippen LogP contribution >= 0.6 is 0 Å². The van der Waals surface area contributed by atoms with Gasteiger partial charge in [-0.1, -0.05) is 6.07 Å². The number of para-hydroxylation sites is 1. The highest BCUT2D eigenvalue weighted by molar-refractivity contribution is 7.89. The zero-order chi connectivity index (χ0) is 21.8. The van der Waals surface area contributed by atoms with Crippen molar-refractivity contribution in [2.45, 2.75) is 11.4 Å². The molecule has 11 heteroatoms. The number of nitrogens with one attached hydrogen (secondary N) is 1. The number of fused-ring (bicyclic) bond motifs is 1. The van der Waals surface area contributed by atoms with Crippen LogP contribution in [0.15, 0.2) is 60.1 Å². The lowest BCUT2D eigenvalue weighted by atomic mass is 10.2. The third kappa shape index (κ3) is 4.37. The van der Waals surface area contributed by atoms with Gasteiger partial charge in [-0.3, -0.25) is 9.36 Å². The van der Waals surface area contributed by atoms with Crippen molar-refractivity contribution in [2.24, 2.45) is 0 Å². The van der Waals surface area contributed by atoms with Gasteiger partial charge in [0, 0.05) is 32.2 Å². The summed E-state index contributed by atoms with van der Waals surface area (Å²) in [6.07, 6.45) is 6.53. The summed E-state index contributed by atoms with van der Waals surface area (Å²) in [4.78, 5) is 20.4. The van der Waals surface area contributed by atoms with Crippen LogP contribution in [-0.4, -0.2) is 60.0 Å². The predicted octanol–water partition coefficient (Wildman–Crippen LogP) is 0.975.